The Kier molecular flexibility index (Phi) is 5.94. The standard InChI is InChI=1S/C13H19FN2O2S.ClH/c1-9-7-11(14)5-6-13(9)19(17,18)16-12-4-2-3-10(12)8-15;/h5-7,10,12,16H,2-4,8,15H2,1H3;1H. The maximum absolute atomic E-state index is 13.0. The first kappa shape index (κ1) is 17.4. The van der Waals surface area contributed by atoms with E-state index in [1.54, 1.807) is 6.92 Å². The first-order valence-corrected chi connectivity index (χ1v) is 7.91. The quantitative estimate of drug-likeness (QED) is 0.890. The summed E-state index contributed by atoms with van der Waals surface area (Å²) in [6.07, 6.45) is 2.74. The molecular formula is C13H20ClFN2O2S. The van der Waals surface area contributed by atoms with E-state index in [1.807, 2.05) is 0 Å². The van der Waals surface area contributed by atoms with Gasteiger partial charge < -0.3 is 5.73 Å². The number of hydrogen-bond donors (Lipinski definition) is 2. The lowest BCUT2D eigenvalue weighted by molar-refractivity contribution is 0.452. The van der Waals surface area contributed by atoms with Gasteiger partial charge in [-0.3, -0.25) is 0 Å². The molecule has 0 radical (unpaired) electrons. The smallest absolute Gasteiger partial charge is 0.241 e. The molecule has 1 fully saturated rings. The van der Waals surface area contributed by atoms with Crippen molar-refractivity contribution in [3.63, 3.8) is 0 Å². The van der Waals surface area contributed by atoms with Gasteiger partial charge in [0.1, 0.15) is 5.82 Å². The molecule has 20 heavy (non-hydrogen) atoms. The second-order valence-corrected chi connectivity index (χ2v) is 6.75. The molecule has 0 spiro atoms. The second-order valence-electron chi connectivity index (χ2n) is 5.06. The molecule has 0 bridgehead atoms. The average Bonchev–Trinajstić information content (AvgIpc) is 2.74. The first-order valence-electron chi connectivity index (χ1n) is 6.42. The number of nitrogens with two attached hydrogens (primary N) is 1. The molecule has 0 amide bonds. The molecule has 0 heterocycles. The summed E-state index contributed by atoms with van der Waals surface area (Å²) < 4.78 is 40.3. The number of benzene rings is 1. The van der Waals surface area contributed by atoms with E-state index in [1.165, 1.54) is 12.1 Å². The van der Waals surface area contributed by atoms with Crippen molar-refractivity contribution in [2.75, 3.05) is 6.54 Å². The zero-order valence-electron chi connectivity index (χ0n) is 11.3. The summed E-state index contributed by atoms with van der Waals surface area (Å²) in [7, 11) is -3.61. The normalized spacial score (nSPS) is 22.6. The predicted molar refractivity (Wildman–Crippen MR) is 78.9 cm³/mol. The predicted octanol–water partition coefficient (Wildman–Crippen LogP) is 1.96. The van der Waals surface area contributed by atoms with Crippen molar-refractivity contribution in [3.05, 3.63) is 29.6 Å². The third kappa shape index (κ3) is 3.69. The molecule has 2 unspecified atom stereocenters. The minimum atomic E-state index is -3.61. The van der Waals surface area contributed by atoms with Crippen molar-refractivity contribution in [2.45, 2.75) is 37.1 Å². The van der Waals surface area contributed by atoms with E-state index >= 15 is 0 Å². The van der Waals surface area contributed by atoms with Gasteiger partial charge in [0.2, 0.25) is 10.0 Å². The van der Waals surface area contributed by atoms with Gasteiger partial charge in [0, 0.05) is 6.04 Å². The third-order valence-electron chi connectivity index (χ3n) is 3.69. The Balaban J connectivity index is 0.00000200. The van der Waals surface area contributed by atoms with Crippen LogP contribution in [0.3, 0.4) is 0 Å². The topological polar surface area (TPSA) is 72.2 Å². The molecule has 1 aromatic carbocycles. The van der Waals surface area contributed by atoms with Crippen LogP contribution in [0.15, 0.2) is 23.1 Å². The van der Waals surface area contributed by atoms with Crippen LogP contribution in [0.5, 0.6) is 0 Å². The summed E-state index contributed by atoms with van der Waals surface area (Å²) in [6, 6.07) is 3.58. The minimum absolute atomic E-state index is 0. The Morgan fingerprint density at radius 1 is 1.40 bits per heavy atom. The minimum Gasteiger partial charge on any atom is -0.330 e. The molecule has 2 atom stereocenters. The summed E-state index contributed by atoms with van der Waals surface area (Å²) in [5.41, 5.74) is 6.06. The SMILES string of the molecule is Cc1cc(F)ccc1S(=O)(=O)NC1CCCC1CN.Cl. The Morgan fingerprint density at radius 3 is 2.70 bits per heavy atom. The number of nitrogens with one attached hydrogen (secondary N) is 1. The number of hydrogen-bond acceptors (Lipinski definition) is 3. The van der Waals surface area contributed by atoms with E-state index in [0.29, 0.717) is 12.1 Å². The Labute approximate surface area is 125 Å². The molecule has 1 aromatic rings. The van der Waals surface area contributed by atoms with Crippen LogP contribution in [0.4, 0.5) is 4.39 Å². The lowest BCUT2D eigenvalue weighted by atomic mass is 10.1. The van der Waals surface area contributed by atoms with Crippen LogP contribution in [0, 0.1) is 18.7 Å². The van der Waals surface area contributed by atoms with Crippen molar-refractivity contribution in [1.29, 1.82) is 0 Å². The van der Waals surface area contributed by atoms with Crippen LogP contribution in [-0.4, -0.2) is 21.0 Å². The van der Waals surface area contributed by atoms with Gasteiger partial charge >= 0.3 is 0 Å². The number of rotatable bonds is 4. The maximum Gasteiger partial charge on any atom is 0.241 e. The maximum atomic E-state index is 13.0. The molecule has 4 nitrogen and oxygen atoms in total. The molecule has 2 rings (SSSR count). The van der Waals surface area contributed by atoms with Gasteiger partial charge in [0.15, 0.2) is 0 Å². The van der Waals surface area contributed by atoms with Crippen LogP contribution < -0.4 is 10.5 Å². The molecule has 0 aromatic heterocycles. The highest BCUT2D eigenvalue weighted by atomic mass is 35.5. The summed E-state index contributed by atoms with van der Waals surface area (Å²) in [4.78, 5) is 0.136. The molecule has 0 saturated heterocycles. The van der Waals surface area contributed by atoms with Gasteiger partial charge in [-0.05, 0) is 56.0 Å². The summed E-state index contributed by atoms with van der Waals surface area (Å²) in [5.74, 6) is -0.243. The molecule has 0 aliphatic heterocycles. The number of aryl methyl sites for hydroxylation is 1. The molecule has 114 valence electrons. The van der Waals surface area contributed by atoms with E-state index in [2.05, 4.69) is 4.72 Å². The van der Waals surface area contributed by atoms with Crippen LogP contribution in [0.2, 0.25) is 0 Å². The molecular weight excluding hydrogens is 303 g/mol. The summed E-state index contributed by atoms with van der Waals surface area (Å²) >= 11 is 0. The fraction of sp³-hybridized carbons (Fsp3) is 0.538. The van der Waals surface area contributed by atoms with Gasteiger partial charge in [-0.15, -0.1) is 12.4 Å². The zero-order valence-corrected chi connectivity index (χ0v) is 12.9. The highest BCUT2D eigenvalue weighted by molar-refractivity contribution is 7.89. The summed E-state index contributed by atoms with van der Waals surface area (Å²) in [6.45, 7) is 2.07. The van der Waals surface area contributed by atoms with Gasteiger partial charge in [0.25, 0.3) is 0 Å². The van der Waals surface area contributed by atoms with E-state index < -0.39 is 15.8 Å². The van der Waals surface area contributed by atoms with Crippen molar-refractivity contribution in [1.82, 2.24) is 4.72 Å². The number of halogens is 2. The van der Waals surface area contributed by atoms with Crippen molar-refractivity contribution in [2.24, 2.45) is 11.7 Å². The largest absolute Gasteiger partial charge is 0.330 e. The molecule has 1 aliphatic rings. The van der Waals surface area contributed by atoms with Gasteiger partial charge in [-0.25, -0.2) is 17.5 Å². The first-order chi connectivity index (χ1) is 8.94. The summed E-state index contributed by atoms with van der Waals surface area (Å²) in [5, 5.41) is 0. The highest BCUT2D eigenvalue weighted by Gasteiger charge is 2.30. The van der Waals surface area contributed by atoms with Crippen LogP contribution >= 0.6 is 12.4 Å². The van der Waals surface area contributed by atoms with Crippen LogP contribution in [-0.2, 0) is 10.0 Å². The van der Waals surface area contributed by atoms with Crippen LogP contribution in [0.25, 0.3) is 0 Å². The fourth-order valence-corrected chi connectivity index (χ4v) is 4.22. The van der Waals surface area contributed by atoms with E-state index in [9.17, 15) is 12.8 Å². The van der Waals surface area contributed by atoms with Gasteiger partial charge in [-0.1, -0.05) is 6.42 Å². The van der Waals surface area contributed by atoms with Crippen molar-refractivity contribution < 1.29 is 12.8 Å². The zero-order chi connectivity index (χ0) is 14.0. The van der Waals surface area contributed by atoms with Crippen molar-refractivity contribution >= 4 is 22.4 Å². The molecule has 1 saturated carbocycles. The van der Waals surface area contributed by atoms with E-state index in [-0.39, 0.29) is 29.3 Å². The van der Waals surface area contributed by atoms with E-state index in [4.69, 9.17) is 5.73 Å². The Morgan fingerprint density at radius 2 is 2.10 bits per heavy atom. The highest BCUT2D eigenvalue weighted by Crippen LogP contribution is 2.26. The lowest BCUT2D eigenvalue weighted by Gasteiger charge is -2.20. The molecule has 1 aliphatic carbocycles. The fourth-order valence-electron chi connectivity index (χ4n) is 2.65. The van der Waals surface area contributed by atoms with Crippen LogP contribution in [0.1, 0.15) is 24.8 Å². The monoisotopic (exact) mass is 322 g/mol. The van der Waals surface area contributed by atoms with E-state index in [0.717, 1.165) is 25.3 Å². The third-order valence-corrected chi connectivity index (χ3v) is 5.34. The Bertz CT molecular complexity index is 565. The molecule has 7 heteroatoms. The lowest BCUT2D eigenvalue weighted by Crippen LogP contribution is -2.40. The van der Waals surface area contributed by atoms with Crippen molar-refractivity contribution in [3.8, 4) is 0 Å². The Hall–Kier alpha value is -0.690. The number of sulfonamides is 1. The molecule has 3 N–H and O–H groups in total. The van der Waals surface area contributed by atoms with Gasteiger partial charge in [-0.2, -0.15) is 0 Å². The van der Waals surface area contributed by atoms with Gasteiger partial charge in [0.05, 0.1) is 4.90 Å². The average molecular weight is 323 g/mol. The second kappa shape index (κ2) is 6.85.